The minimum atomic E-state index is -0.0803. The van der Waals surface area contributed by atoms with Gasteiger partial charge < -0.3 is 4.90 Å². The molecule has 0 saturated carbocycles. The van der Waals surface area contributed by atoms with Crippen LogP contribution in [0.15, 0.2) is 36.4 Å². The van der Waals surface area contributed by atoms with E-state index in [-0.39, 0.29) is 11.9 Å². The zero-order valence-electron chi connectivity index (χ0n) is 11.8. The Bertz CT molecular complexity index is 674. The quantitative estimate of drug-likeness (QED) is 0.799. The molecule has 0 spiro atoms. The first-order valence-electron chi connectivity index (χ1n) is 7.02. The number of halogens is 1. The minimum absolute atomic E-state index is 0.0261. The summed E-state index contributed by atoms with van der Waals surface area (Å²) in [5, 5.41) is 0.338. The van der Waals surface area contributed by atoms with Gasteiger partial charge in [-0.25, -0.2) is 4.98 Å². The van der Waals surface area contributed by atoms with Crippen LogP contribution in [0.25, 0.3) is 0 Å². The lowest BCUT2D eigenvalue weighted by Gasteiger charge is -2.24. The second kappa shape index (κ2) is 5.82. The van der Waals surface area contributed by atoms with Crippen LogP contribution in [0.2, 0.25) is 5.15 Å². The van der Waals surface area contributed by atoms with Crippen molar-refractivity contribution in [3.63, 3.8) is 0 Å². The van der Waals surface area contributed by atoms with Crippen LogP contribution in [0, 0.1) is 6.92 Å². The molecule has 3 heterocycles. The van der Waals surface area contributed by atoms with Crippen LogP contribution in [0.3, 0.4) is 0 Å². The van der Waals surface area contributed by atoms with Crippen molar-refractivity contribution in [1.29, 1.82) is 0 Å². The van der Waals surface area contributed by atoms with Gasteiger partial charge in [-0.05, 0) is 44.0 Å². The smallest absolute Gasteiger partial charge is 0.273 e. The van der Waals surface area contributed by atoms with Crippen molar-refractivity contribution >= 4 is 17.5 Å². The summed E-state index contributed by atoms with van der Waals surface area (Å²) in [7, 11) is 0. The SMILES string of the molecule is Cc1cccc(C2CCCN2C(=O)c2cccc(Cl)n2)n1. The third-order valence-electron chi connectivity index (χ3n) is 3.70. The molecule has 1 saturated heterocycles. The summed E-state index contributed by atoms with van der Waals surface area (Å²) < 4.78 is 0. The highest BCUT2D eigenvalue weighted by molar-refractivity contribution is 6.29. The third-order valence-corrected chi connectivity index (χ3v) is 3.91. The van der Waals surface area contributed by atoms with E-state index in [2.05, 4.69) is 9.97 Å². The predicted molar refractivity (Wildman–Crippen MR) is 81.2 cm³/mol. The fourth-order valence-corrected chi connectivity index (χ4v) is 2.91. The van der Waals surface area contributed by atoms with Gasteiger partial charge in [0, 0.05) is 12.2 Å². The normalized spacial score (nSPS) is 18.0. The maximum absolute atomic E-state index is 12.6. The van der Waals surface area contributed by atoms with Crippen molar-refractivity contribution in [2.75, 3.05) is 6.54 Å². The van der Waals surface area contributed by atoms with Gasteiger partial charge in [0.05, 0.1) is 11.7 Å². The minimum Gasteiger partial charge on any atom is -0.329 e. The van der Waals surface area contributed by atoms with Crippen LogP contribution in [-0.2, 0) is 0 Å². The third kappa shape index (κ3) is 2.90. The highest BCUT2D eigenvalue weighted by Crippen LogP contribution is 2.32. The molecule has 1 amide bonds. The predicted octanol–water partition coefficient (Wildman–Crippen LogP) is 3.42. The average molecular weight is 302 g/mol. The molecular formula is C16H16ClN3O. The molecule has 1 unspecified atom stereocenters. The van der Waals surface area contributed by atoms with E-state index in [1.165, 1.54) is 0 Å². The van der Waals surface area contributed by atoms with Gasteiger partial charge in [-0.1, -0.05) is 23.7 Å². The second-order valence-corrected chi connectivity index (χ2v) is 5.59. The molecule has 5 heteroatoms. The maximum atomic E-state index is 12.6. The van der Waals surface area contributed by atoms with E-state index in [1.54, 1.807) is 18.2 Å². The van der Waals surface area contributed by atoms with Crippen molar-refractivity contribution in [1.82, 2.24) is 14.9 Å². The first-order valence-corrected chi connectivity index (χ1v) is 7.40. The molecule has 0 aromatic carbocycles. The Morgan fingerprint density at radius 3 is 2.81 bits per heavy atom. The molecule has 1 atom stereocenters. The van der Waals surface area contributed by atoms with Crippen LogP contribution < -0.4 is 0 Å². The molecule has 1 aliphatic rings. The Labute approximate surface area is 128 Å². The lowest BCUT2D eigenvalue weighted by molar-refractivity contribution is 0.0727. The summed E-state index contributed by atoms with van der Waals surface area (Å²) in [6.45, 7) is 2.69. The van der Waals surface area contributed by atoms with Crippen LogP contribution in [0.5, 0.6) is 0 Å². The molecule has 1 fully saturated rings. The molecule has 0 bridgehead atoms. The number of carbonyl (C=O) groups excluding carboxylic acids is 1. The summed E-state index contributed by atoms with van der Waals surface area (Å²) in [6, 6.07) is 11.1. The Kier molecular flexibility index (Phi) is 3.88. The number of nitrogens with zero attached hydrogens (tertiary/aromatic N) is 3. The fourth-order valence-electron chi connectivity index (χ4n) is 2.74. The van der Waals surface area contributed by atoms with Crippen molar-refractivity contribution in [3.05, 3.63) is 58.6 Å². The largest absolute Gasteiger partial charge is 0.329 e. The van der Waals surface area contributed by atoms with Gasteiger partial charge >= 0.3 is 0 Å². The lowest BCUT2D eigenvalue weighted by atomic mass is 10.1. The van der Waals surface area contributed by atoms with Crippen molar-refractivity contribution in [3.8, 4) is 0 Å². The Balaban J connectivity index is 1.89. The Morgan fingerprint density at radius 1 is 1.24 bits per heavy atom. The number of aromatic nitrogens is 2. The van der Waals surface area contributed by atoms with Crippen LogP contribution in [0.1, 0.15) is 40.8 Å². The van der Waals surface area contributed by atoms with Gasteiger partial charge in [0.25, 0.3) is 5.91 Å². The number of amides is 1. The molecule has 0 radical (unpaired) electrons. The van der Waals surface area contributed by atoms with Gasteiger partial charge in [-0.15, -0.1) is 0 Å². The zero-order valence-corrected chi connectivity index (χ0v) is 12.5. The maximum Gasteiger partial charge on any atom is 0.273 e. The molecule has 0 aliphatic carbocycles. The molecule has 1 aliphatic heterocycles. The summed E-state index contributed by atoms with van der Waals surface area (Å²) in [5.41, 5.74) is 2.30. The molecular weight excluding hydrogens is 286 g/mol. The number of pyridine rings is 2. The summed E-state index contributed by atoms with van der Waals surface area (Å²) in [4.78, 5) is 23.2. The summed E-state index contributed by atoms with van der Waals surface area (Å²) in [6.07, 6.45) is 1.91. The molecule has 3 rings (SSSR count). The molecule has 108 valence electrons. The summed E-state index contributed by atoms with van der Waals surface area (Å²) >= 11 is 5.88. The van der Waals surface area contributed by atoms with Crippen molar-refractivity contribution in [2.45, 2.75) is 25.8 Å². The van der Waals surface area contributed by atoms with Gasteiger partial charge in [0.1, 0.15) is 10.8 Å². The van der Waals surface area contributed by atoms with E-state index in [0.29, 0.717) is 10.8 Å². The molecule has 0 N–H and O–H groups in total. The molecule has 2 aromatic rings. The van der Waals surface area contributed by atoms with Gasteiger partial charge in [0.2, 0.25) is 0 Å². The topological polar surface area (TPSA) is 46.1 Å². The fraction of sp³-hybridized carbons (Fsp3) is 0.312. The standard InChI is InChI=1S/C16H16ClN3O/c1-11-5-2-6-12(18-11)14-8-4-10-20(14)16(21)13-7-3-9-15(17)19-13/h2-3,5-7,9,14H,4,8,10H2,1H3. The van der Waals surface area contributed by atoms with Crippen LogP contribution >= 0.6 is 11.6 Å². The number of aryl methyl sites for hydroxylation is 1. The van der Waals surface area contributed by atoms with Crippen molar-refractivity contribution in [2.24, 2.45) is 0 Å². The number of likely N-dealkylation sites (tertiary alicyclic amines) is 1. The number of carbonyl (C=O) groups is 1. The zero-order chi connectivity index (χ0) is 14.8. The average Bonchev–Trinajstić information content (AvgIpc) is 2.96. The van der Waals surface area contributed by atoms with E-state index in [9.17, 15) is 4.79 Å². The molecule has 21 heavy (non-hydrogen) atoms. The molecule has 4 nitrogen and oxygen atoms in total. The van der Waals surface area contributed by atoms with E-state index in [0.717, 1.165) is 30.8 Å². The van der Waals surface area contributed by atoms with E-state index in [4.69, 9.17) is 11.6 Å². The monoisotopic (exact) mass is 301 g/mol. The summed E-state index contributed by atoms with van der Waals surface area (Å²) in [5.74, 6) is -0.0803. The van der Waals surface area contributed by atoms with Gasteiger partial charge in [0.15, 0.2) is 0 Å². The number of hydrogen-bond donors (Lipinski definition) is 0. The Hall–Kier alpha value is -1.94. The van der Waals surface area contributed by atoms with Gasteiger partial charge in [-0.2, -0.15) is 0 Å². The second-order valence-electron chi connectivity index (χ2n) is 5.21. The lowest BCUT2D eigenvalue weighted by Crippen LogP contribution is -2.31. The highest BCUT2D eigenvalue weighted by atomic mass is 35.5. The molecule has 2 aromatic heterocycles. The van der Waals surface area contributed by atoms with Crippen molar-refractivity contribution < 1.29 is 4.79 Å². The van der Waals surface area contributed by atoms with E-state index < -0.39 is 0 Å². The first kappa shape index (κ1) is 14.0. The van der Waals surface area contributed by atoms with Crippen LogP contribution in [0.4, 0.5) is 0 Å². The number of rotatable bonds is 2. The van der Waals surface area contributed by atoms with E-state index >= 15 is 0 Å². The van der Waals surface area contributed by atoms with E-state index in [1.807, 2.05) is 30.0 Å². The highest BCUT2D eigenvalue weighted by Gasteiger charge is 2.32. The Morgan fingerprint density at radius 2 is 2.05 bits per heavy atom. The first-order chi connectivity index (χ1) is 10.1. The van der Waals surface area contributed by atoms with Gasteiger partial charge in [-0.3, -0.25) is 9.78 Å². The van der Waals surface area contributed by atoms with Crippen LogP contribution in [-0.4, -0.2) is 27.3 Å². The number of hydrogen-bond acceptors (Lipinski definition) is 3.